The molecule has 0 amide bonds. The van der Waals surface area contributed by atoms with Crippen LogP contribution < -0.4 is 17.2 Å². The van der Waals surface area contributed by atoms with Gasteiger partial charge in [-0.3, -0.25) is 0 Å². The van der Waals surface area contributed by atoms with Crippen LogP contribution in [0.25, 0.3) is 11.1 Å². The lowest BCUT2D eigenvalue weighted by Crippen LogP contribution is -2.04. The highest BCUT2D eigenvalue weighted by molar-refractivity contribution is 5.93. The molecule has 6 N–H and O–H groups in total. The predicted octanol–water partition coefficient (Wildman–Crippen LogP) is 0.677. The molecule has 0 saturated heterocycles. The number of rotatable bonds is 2. The fourth-order valence-electron chi connectivity index (χ4n) is 1.67. The molecule has 0 aliphatic rings. The molecular weight excluding hydrogens is 246 g/mol. The van der Waals surface area contributed by atoms with Crippen LogP contribution in [0.2, 0.25) is 0 Å². The maximum absolute atomic E-state index is 11.5. The number of ether oxygens (including phenoxy) is 1. The summed E-state index contributed by atoms with van der Waals surface area (Å²) in [5.41, 5.74) is 18.9. The Morgan fingerprint density at radius 3 is 2.58 bits per heavy atom. The lowest BCUT2D eigenvalue weighted by Gasteiger charge is -2.08. The summed E-state index contributed by atoms with van der Waals surface area (Å²) in [5, 5.41) is 0. The summed E-state index contributed by atoms with van der Waals surface area (Å²) in [5.74, 6) is -0.184. The SMILES string of the molecule is COC(=O)c1cc(N)cc(-c2cnc(N)nc2N)c1. The van der Waals surface area contributed by atoms with Gasteiger partial charge in [0.15, 0.2) is 0 Å². The molecule has 0 spiro atoms. The van der Waals surface area contributed by atoms with Crippen LogP contribution in [0.4, 0.5) is 17.5 Å². The molecule has 0 radical (unpaired) electrons. The highest BCUT2D eigenvalue weighted by Crippen LogP contribution is 2.27. The van der Waals surface area contributed by atoms with E-state index in [1.54, 1.807) is 12.1 Å². The molecule has 0 unspecified atom stereocenters. The van der Waals surface area contributed by atoms with Crippen LogP contribution in [0.5, 0.6) is 0 Å². The lowest BCUT2D eigenvalue weighted by atomic mass is 10.0. The monoisotopic (exact) mass is 259 g/mol. The number of esters is 1. The van der Waals surface area contributed by atoms with Crippen molar-refractivity contribution in [1.29, 1.82) is 0 Å². The van der Waals surface area contributed by atoms with Crippen molar-refractivity contribution < 1.29 is 9.53 Å². The number of nitrogens with zero attached hydrogens (tertiary/aromatic N) is 2. The number of nitrogens with two attached hydrogens (primary N) is 3. The van der Waals surface area contributed by atoms with Crippen molar-refractivity contribution in [3.8, 4) is 11.1 Å². The van der Waals surface area contributed by atoms with E-state index in [2.05, 4.69) is 14.7 Å². The molecule has 7 nitrogen and oxygen atoms in total. The van der Waals surface area contributed by atoms with Crippen molar-refractivity contribution in [3.05, 3.63) is 30.0 Å². The van der Waals surface area contributed by atoms with Gasteiger partial charge in [-0.15, -0.1) is 0 Å². The summed E-state index contributed by atoms with van der Waals surface area (Å²) in [6, 6.07) is 4.79. The smallest absolute Gasteiger partial charge is 0.337 e. The van der Waals surface area contributed by atoms with E-state index in [0.29, 0.717) is 22.4 Å². The van der Waals surface area contributed by atoms with Crippen LogP contribution in [0, 0.1) is 0 Å². The fourth-order valence-corrected chi connectivity index (χ4v) is 1.67. The van der Waals surface area contributed by atoms with Crippen LogP contribution in [0.1, 0.15) is 10.4 Å². The minimum atomic E-state index is -0.483. The first kappa shape index (κ1) is 12.6. The van der Waals surface area contributed by atoms with E-state index in [1.165, 1.54) is 19.4 Å². The number of aromatic nitrogens is 2. The first-order valence-corrected chi connectivity index (χ1v) is 5.38. The summed E-state index contributed by atoms with van der Waals surface area (Å²) in [6.07, 6.45) is 1.48. The van der Waals surface area contributed by atoms with E-state index in [4.69, 9.17) is 17.2 Å². The number of hydrogen-bond donors (Lipinski definition) is 3. The number of carbonyl (C=O) groups is 1. The average Bonchev–Trinajstić information content (AvgIpc) is 2.37. The molecule has 0 saturated carbocycles. The Morgan fingerprint density at radius 2 is 1.95 bits per heavy atom. The summed E-state index contributed by atoms with van der Waals surface area (Å²) >= 11 is 0. The van der Waals surface area contributed by atoms with Gasteiger partial charge in [0.2, 0.25) is 5.95 Å². The van der Waals surface area contributed by atoms with Crippen LogP contribution in [0.3, 0.4) is 0 Å². The third kappa shape index (κ3) is 2.54. The standard InChI is InChI=1S/C12H13N5O2/c1-19-11(18)7-2-6(3-8(13)4-7)9-5-16-12(15)17-10(9)14/h2-5H,13H2,1H3,(H4,14,15,16,17). The Hall–Kier alpha value is -2.83. The molecule has 1 aromatic heterocycles. The molecule has 1 aromatic carbocycles. The van der Waals surface area contributed by atoms with Crippen LogP contribution in [0.15, 0.2) is 24.4 Å². The van der Waals surface area contributed by atoms with E-state index in [0.717, 1.165) is 0 Å². The molecule has 1 heterocycles. The van der Waals surface area contributed by atoms with E-state index in [1.807, 2.05) is 0 Å². The fraction of sp³-hybridized carbons (Fsp3) is 0.0833. The number of nitrogen functional groups attached to an aromatic ring is 3. The first-order chi connectivity index (χ1) is 9.01. The quantitative estimate of drug-likeness (QED) is 0.533. The van der Waals surface area contributed by atoms with Crippen LogP contribution in [-0.2, 0) is 4.74 Å². The molecule has 0 atom stereocenters. The number of carbonyl (C=O) groups excluding carboxylic acids is 1. The number of methoxy groups -OCH3 is 1. The first-order valence-electron chi connectivity index (χ1n) is 5.38. The van der Waals surface area contributed by atoms with E-state index in [-0.39, 0.29) is 11.8 Å². The van der Waals surface area contributed by atoms with Gasteiger partial charge in [-0.25, -0.2) is 9.78 Å². The third-order valence-electron chi connectivity index (χ3n) is 2.52. The largest absolute Gasteiger partial charge is 0.465 e. The maximum atomic E-state index is 11.5. The molecule has 2 aromatic rings. The topological polar surface area (TPSA) is 130 Å². The zero-order chi connectivity index (χ0) is 14.0. The van der Waals surface area contributed by atoms with Crippen molar-refractivity contribution in [3.63, 3.8) is 0 Å². The zero-order valence-corrected chi connectivity index (χ0v) is 10.3. The summed E-state index contributed by atoms with van der Waals surface area (Å²) in [4.78, 5) is 19.3. The van der Waals surface area contributed by atoms with E-state index in [9.17, 15) is 4.79 Å². The minimum Gasteiger partial charge on any atom is -0.465 e. The summed E-state index contributed by atoms with van der Waals surface area (Å²) in [7, 11) is 1.30. The summed E-state index contributed by atoms with van der Waals surface area (Å²) < 4.78 is 4.65. The van der Waals surface area contributed by atoms with Gasteiger partial charge in [-0.1, -0.05) is 0 Å². The third-order valence-corrected chi connectivity index (χ3v) is 2.52. The van der Waals surface area contributed by atoms with E-state index >= 15 is 0 Å². The molecule has 7 heteroatoms. The van der Waals surface area contributed by atoms with E-state index < -0.39 is 5.97 Å². The number of hydrogen-bond acceptors (Lipinski definition) is 7. The maximum Gasteiger partial charge on any atom is 0.337 e. The molecule has 0 fully saturated rings. The molecule has 19 heavy (non-hydrogen) atoms. The van der Waals surface area contributed by atoms with Crippen molar-refractivity contribution in [2.45, 2.75) is 0 Å². The molecule has 98 valence electrons. The van der Waals surface area contributed by atoms with Gasteiger partial charge >= 0.3 is 5.97 Å². The minimum absolute atomic E-state index is 0.0818. The predicted molar refractivity (Wildman–Crippen MR) is 72.0 cm³/mol. The van der Waals surface area contributed by atoms with Crippen molar-refractivity contribution >= 4 is 23.4 Å². The number of anilines is 3. The zero-order valence-electron chi connectivity index (χ0n) is 10.3. The molecule has 0 aliphatic heterocycles. The molecule has 2 rings (SSSR count). The number of benzene rings is 1. The second kappa shape index (κ2) is 4.81. The average molecular weight is 259 g/mol. The van der Waals surface area contributed by atoms with Crippen molar-refractivity contribution in [2.75, 3.05) is 24.3 Å². The Bertz CT molecular complexity index is 642. The van der Waals surface area contributed by atoms with Gasteiger partial charge in [0.1, 0.15) is 5.82 Å². The van der Waals surface area contributed by atoms with Gasteiger partial charge in [0.25, 0.3) is 0 Å². The highest BCUT2D eigenvalue weighted by Gasteiger charge is 2.11. The summed E-state index contributed by atoms with van der Waals surface area (Å²) in [6.45, 7) is 0. The molecule has 0 aliphatic carbocycles. The Balaban J connectivity index is 2.56. The second-order valence-electron chi connectivity index (χ2n) is 3.86. The Labute approximate surface area is 109 Å². The Kier molecular flexibility index (Phi) is 3.19. The van der Waals surface area contributed by atoms with Gasteiger partial charge in [0.05, 0.1) is 12.7 Å². The lowest BCUT2D eigenvalue weighted by molar-refractivity contribution is 0.0601. The van der Waals surface area contributed by atoms with Crippen molar-refractivity contribution in [2.24, 2.45) is 0 Å². The van der Waals surface area contributed by atoms with Gasteiger partial charge in [0, 0.05) is 17.4 Å². The highest BCUT2D eigenvalue weighted by atomic mass is 16.5. The van der Waals surface area contributed by atoms with Crippen molar-refractivity contribution in [1.82, 2.24) is 9.97 Å². The van der Waals surface area contributed by atoms with Gasteiger partial charge in [-0.2, -0.15) is 4.98 Å². The van der Waals surface area contributed by atoms with Crippen LogP contribution >= 0.6 is 0 Å². The normalized spacial score (nSPS) is 10.2. The van der Waals surface area contributed by atoms with Gasteiger partial charge in [-0.05, 0) is 23.8 Å². The van der Waals surface area contributed by atoms with Gasteiger partial charge < -0.3 is 21.9 Å². The Morgan fingerprint density at radius 1 is 1.21 bits per heavy atom. The molecular formula is C12H13N5O2. The molecule has 0 bridgehead atoms. The second-order valence-corrected chi connectivity index (χ2v) is 3.86. The van der Waals surface area contributed by atoms with Crippen LogP contribution in [-0.4, -0.2) is 23.0 Å².